The van der Waals surface area contributed by atoms with Crippen LogP contribution in [0, 0.1) is 18.6 Å². The van der Waals surface area contributed by atoms with Crippen LogP contribution < -0.4 is 5.32 Å². The second kappa shape index (κ2) is 5.08. The van der Waals surface area contributed by atoms with Gasteiger partial charge in [0.25, 0.3) is 0 Å². The van der Waals surface area contributed by atoms with Crippen molar-refractivity contribution in [3.8, 4) is 11.3 Å². The lowest BCUT2D eigenvalue weighted by Crippen LogP contribution is -2.04. The predicted molar refractivity (Wildman–Crippen MR) is 66.3 cm³/mol. The Balaban J connectivity index is 2.53. The molecule has 94 valence electrons. The quantitative estimate of drug-likeness (QED) is 0.908. The van der Waals surface area contributed by atoms with E-state index in [1.807, 2.05) is 6.92 Å². The van der Waals surface area contributed by atoms with E-state index in [0.29, 0.717) is 18.1 Å². The lowest BCUT2D eigenvalue weighted by Gasteiger charge is -2.10. The van der Waals surface area contributed by atoms with Crippen molar-refractivity contribution in [2.45, 2.75) is 13.8 Å². The molecule has 0 radical (unpaired) electrons. The smallest absolute Gasteiger partial charge is 0.135 e. The molecule has 0 aliphatic heterocycles. The van der Waals surface area contributed by atoms with Crippen LogP contribution in [0.5, 0.6) is 0 Å². The van der Waals surface area contributed by atoms with E-state index < -0.39 is 11.6 Å². The number of halogens is 2. The maximum atomic E-state index is 13.7. The molecule has 2 aromatic rings. The number of nitrogens with one attached hydrogen (secondary N) is 1. The average molecular weight is 249 g/mol. The molecule has 3 nitrogen and oxygen atoms in total. The van der Waals surface area contributed by atoms with Gasteiger partial charge in [-0.05, 0) is 26.0 Å². The summed E-state index contributed by atoms with van der Waals surface area (Å²) in [4.78, 5) is 8.15. The minimum Gasteiger partial charge on any atom is -0.370 e. The minimum atomic E-state index is -0.626. The second-order valence-corrected chi connectivity index (χ2v) is 3.85. The van der Waals surface area contributed by atoms with Crippen molar-refractivity contribution in [2.75, 3.05) is 11.9 Å². The first kappa shape index (κ1) is 12.4. The molecule has 0 aliphatic rings. The summed E-state index contributed by atoms with van der Waals surface area (Å²) in [5.41, 5.74) is 1.48. The Bertz CT molecular complexity index is 570. The molecule has 1 N–H and O–H groups in total. The molecule has 0 unspecified atom stereocenters. The maximum absolute atomic E-state index is 13.7. The minimum absolute atomic E-state index is 0.274. The Morgan fingerprint density at radius 3 is 2.67 bits per heavy atom. The number of aromatic nitrogens is 2. The fourth-order valence-corrected chi connectivity index (χ4v) is 1.75. The Morgan fingerprint density at radius 1 is 1.22 bits per heavy atom. The summed E-state index contributed by atoms with van der Waals surface area (Å²) in [6, 6.07) is 3.45. The monoisotopic (exact) mass is 249 g/mol. The summed E-state index contributed by atoms with van der Waals surface area (Å²) < 4.78 is 26.6. The zero-order valence-corrected chi connectivity index (χ0v) is 10.2. The van der Waals surface area contributed by atoms with Gasteiger partial charge in [-0.15, -0.1) is 0 Å². The highest BCUT2D eigenvalue weighted by molar-refractivity contribution is 5.68. The van der Waals surface area contributed by atoms with Gasteiger partial charge >= 0.3 is 0 Å². The van der Waals surface area contributed by atoms with E-state index in [2.05, 4.69) is 15.3 Å². The summed E-state index contributed by atoms with van der Waals surface area (Å²) >= 11 is 0. The Labute approximate surface area is 104 Å². The molecule has 0 saturated carbocycles. The fraction of sp³-hybridized carbons (Fsp3) is 0.231. The van der Waals surface area contributed by atoms with Gasteiger partial charge in [0, 0.05) is 23.7 Å². The Morgan fingerprint density at radius 2 is 2.00 bits per heavy atom. The maximum Gasteiger partial charge on any atom is 0.135 e. The number of nitrogens with zero attached hydrogens (tertiary/aromatic N) is 2. The van der Waals surface area contributed by atoms with Crippen LogP contribution in [0.1, 0.15) is 12.5 Å². The number of anilines is 1. The molecule has 0 amide bonds. The summed E-state index contributed by atoms with van der Waals surface area (Å²) in [6.45, 7) is 4.46. The molecular weight excluding hydrogens is 236 g/mol. The van der Waals surface area contributed by atoms with E-state index in [9.17, 15) is 8.78 Å². The SMILES string of the molecule is CCNc1ncnc(-c2ccc(F)cc2F)c1C. The molecule has 1 heterocycles. The van der Waals surface area contributed by atoms with Gasteiger partial charge < -0.3 is 5.32 Å². The van der Waals surface area contributed by atoms with Crippen LogP contribution in [0.4, 0.5) is 14.6 Å². The van der Waals surface area contributed by atoms with E-state index in [1.54, 1.807) is 6.92 Å². The van der Waals surface area contributed by atoms with E-state index in [1.165, 1.54) is 18.5 Å². The summed E-state index contributed by atoms with van der Waals surface area (Å²) in [7, 11) is 0. The van der Waals surface area contributed by atoms with Crippen molar-refractivity contribution in [3.63, 3.8) is 0 Å². The number of benzene rings is 1. The van der Waals surface area contributed by atoms with Gasteiger partial charge in [0.05, 0.1) is 5.69 Å². The summed E-state index contributed by atoms with van der Waals surface area (Å²) in [6.07, 6.45) is 1.36. The van der Waals surface area contributed by atoms with E-state index in [0.717, 1.165) is 11.6 Å². The van der Waals surface area contributed by atoms with Gasteiger partial charge in [-0.3, -0.25) is 0 Å². The van der Waals surface area contributed by atoms with Gasteiger partial charge in [-0.25, -0.2) is 18.7 Å². The first-order chi connectivity index (χ1) is 8.63. The van der Waals surface area contributed by atoms with Crippen molar-refractivity contribution in [1.82, 2.24) is 9.97 Å². The molecule has 0 aliphatic carbocycles. The molecule has 1 aromatic carbocycles. The van der Waals surface area contributed by atoms with Crippen LogP contribution in [0.3, 0.4) is 0 Å². The standard InChI is InChI=1S/C13H13F2N3/c1-3-16-13-8(2)12(17-7-18-13)10-5-4-9(14)6-11(10)15/h4-7H,3H2,1-2H3,(H,16,17,18). The molecule has 0 spiro atoms. The van der Waals surface area contributed by atoms with Crippen LogP contribution in [-0.2, 0) is 0 Å². The average Bonchev–Trinajstić information content (AvgIpc) is 2.33. The Hall–Kier alpha value is -2.04. The highest BCUT2D eigenvalue weighted by atomic mass is 19.1. The molecule has 0 atom stereocenters. The van der Waals surface area contributed by atoms with E-state index in [-0.39, 0.29) is 5.56 Å². The van der Waals surface area contributed by atoms with Gasteiger partial charge in [0.15, 0.2) is 0 Å². The molecule has 1 aromatic heterocycles. The van der Waals surface area contributed by atoms with Crippen LogP contribution in [-0.4, -0.2) is 16.5 Å². The van der Waals surface area contributed by atoms with Crippen LogP contribution in [0.2, 0.25) is 0 Å². The highest BCUT2D eigenvalue weighted by Gasteiger charge is 2.13. The third kappa shape index (κ3) is 2.30. The second-order valence-electron chi connectivity index (χ2n) is 3.85. The van der Waals surface area contributed by atoms with Crippen molar-refractivity contribution >= 4 is 5.82 Å². The summed E-state index contributed by atoms with van der Waals surface area (Å²) in [5.74, 6) is -0.569. The van der Waals surface area contributed by atoms with Gasteiger partial charge in [0.2, 0.25) is 0 Å². The molecule has 2 rings (SSSR count). The van der Waals surface area contributed by atoms with Gasteiger partial charge in [-0.1, -0.05) is 0 Å². The molecular formula is C13H13F2N3. The van der Waals surface area contributed by atoms with Crippen molar-refractivity contribution in [3.05, 3.63) is 41.7 Å². The van der Waals surface area contributed by atoms with Crippen molar-refractivity contribution < 1.29 is 8.78 Å². The van der Waals surface area contributed by atoms with Crippen LogP contribution in [0.15, 0.2) is 24.5 Å². The third-order valence-electron chi connectivity index (χ3n) is 2.61. The van der Waals surface area contributed by atoms with Gasteiger partial charge in [0.1, 0.15) is 23.8 Å². The lowest BCUT2D eigenvalue weighted by molar-refractivity contribution is 0.585. The van der Waals surface area contributed by atoms with Crippen LogP contribution in [0.25, 0.3) is 11.3 Å². The van der Waals surface area contributed by atoms with Gasteiger partial charge in [-0.2, -0.15) is 0 Å². The third-order valence-corrected chi connectivity index (χ3v) is 2.61. The van der Waals surface area contributed by atoms with E-state index >= 15 is 0 Å². The molecule has 5 heteroatoms. The molecule has 0 fully saturated rings. The number of rotatable bonds is 3. The highest BCUT2D eigenvalue weighted by Crippen LogP contribution is 2.27. The molecule has 0 bridgehead atoms. The van der Waals surface area contributed by atoms with Crippen molar-refractivity contribution in [2.24, 2.45) is 0 Å². The van der Waals surface area contributed by atoms with Crippen LogP contribution >= 0.6 is 0 Å². The number of hydrogen-bond acceptors (Lipinski definition) is 3. The predicted octanol–water partition coefficient (Wildman–Crippen LogP) is 3.16. The zero-order valence-electron chi connectivity index (χ0n) is 10.2. The number of hydrogen-bond donors (Lipinski definition) is 1. The topological polar surface area (TPSA) is 37.8 Å². The van der Waals surface area contributed by atoms with E-state index in [4.69, 9.17) is 0 Å². The first-order valence-corrected chi connectivity index (χ1v) is 5.64. The van der Waals surface area contributed by atoms with Crippen molar-refractivity contribution in [1.29, 1.82) is 0 Å². The zero-order chi connectivity index (χ0) is 13.1. The lowest BCUT2D eigenvalue weighted by atomic mass is 10.1. The summed E-state index contributed by atoms with van der Waals surface area (Å²) in [5, 5.41) is 3.07. The molecule has 0 saturated heterocycles. The fourth-order valence-electron chi connectivity index (χ4n) is 1.75. The largest absolute Gasteiger partial charge is 0.370 e. The normalized spacial score (nSPS) is 10.4. The molecule has 18 heavy (non-hydrogen) atoms. The Kier molecular flexibility index (Phi) is 3.50. The first-order valence-electron chi connectivity index (χ1n) is 5.64.